The molecule has 2 aliphatic rings. The minimum Gasteiger partial charge on any atom is -0.375 e. The molecule has 2 saturated heterocycles. The molecule has 2 atom stereocenters. The highest BCUT2D eigenvalue weighted by molar-refractivity contribution is 7.09. The Kier molecular flexibility index (Phi) is 7.07. The third-order valence-electron chi connectivity index (χ3n) is 4.58. The van der Waals surface area contributed by atoms with E-state index in [4.69, 9.17) is 14.5 Å². The minimum atomic E-state index is 0.165. The van der Waals surface area contributed by atoms with Gasteiger partial charge in [0.2, 0.25) is 0 Å². The summed E-state index contributed by atoms with van der Waals surface area (Å²) >= 11 is 1.75. The molecule has 140 valence electrons. The fourth-order valence-corrected chi connectivity index (χ4v) is 4.17. The minimum absolute atomic E-state index is 0.165. The lowest BCUT2D eigenvalue weighted by molar-refractivity contribution is -0.0817. The Hall–Kier alpha value is -1.18. The molecule has 1 aromatic heterocycles. The summed E-state index contributed by atoms with van der Waals surface area (Å²) < 4.78 is 11.8. The van der Waals surface area contributed by atoms with Gasteiger partial charge >= 0.3 is 0 Å². The number of aliphatic imine (C=N–C) groups is 1. The molecule has 25 heavy (non-hydrogen) atoms. The highest BCUT2D eigenvalue weighted by Gasteiger charge is 2.32. The Balaban J connectivity index is 1.51. The summed E-state index contributed by atoms with van der Waals surface area (Å²) in [4.78, 5) is 11.7. The van der Waals surface area contributed by atoms with Gasteiger partial charge in [0, 0.05) is 50.3 Å². The van der Waals surface area contributed by atoms with Crippen LogP contribution in [-0.4, -0.2) is 67.4 Å². The standard InChI is InChI=1S/C18H30N4O2S/c1-3-19-18(20-8-4-7-17-21-14(2)13-25-17)22-9-11-24-16(12-22)15-6-5-10-23-15/h13,15-16H,3-12H2,1-2H3,(H,19,20). The lowest BCUT2D eigenvalue weighted by Gasteiger charge is -2.37. The van der Waals surface area contributed by atoms with Crippen molar-refractivity contribution in [3.05, 3.63) is 16.1 Å². The molecule has 6 nitrogen and oxygen atoms in total. The summed E-state index contributed by atoms with van der Waals surface area (Å²) in [5.41, 5.74) is 1.12. The molecule has 0 aliphatic carbocycles. The fourth-order valence-electron chi connectivity index (χ4n) is 3.35. The molecule has 1 N–H and O–H groups in total. The lowest BCUT2D eigenvalue weighted by atomic mass is 10.1. The van der Waals surface area contributed by atoms with E-state index in [0.717, 1.165) is 76.7 Å². The van der Waals surface area contributed by atoms with Gasteiger partial charge in [-0.3, -0.25) is 4.99 Å². The molecule has 0 radical (unpaired) electrons. The van der Waals surface area contributed by atoms with E-state index in [1.807, 2.05) is 6.92 Å². The van der Waals surface area contributed by atoms with Crippen molar-refractivity contribution in [2.45, 2.75) is 51.7 Å². The van der Waals surface area contributed by atoms with Gasteiger partial charge in [0.05, 0.1) is 17.7 Å². The molecule has 1 aromatic rings. The number of aromatic nitrogens is 1. The van der Waals surface area contributed by atoms with Crippen LogP contribution in [-0.2, 0) is 15.9 Å². The van der Waals surface area contributed by atoms with Crippen molar-refractivity contribution >= 4 is 17.3 Å². The van der Waals surface area contributed by atoms with Crippen LogP contribution in [0, 0.1) is 6.92 Å². The molecule has 3 rings (SSSR count). The molecule has 3 heterocycles. The Morgan fingerprint density at radius 2 is 2.28 bits per heavy atom. The number of hydrogen-bond acceptors (Lipinski definition) is 5. The largest absolute Gasteiger partial charge is 0.375 e. The van der Waals surface area contributed by atoms with E-state index < -0.39 is 0 Å². The summed E-state index contributed by atoms with van der Waals surface area (Å²) in [5.74, 6) is 1.00. The van der Waals surface area contributed by atoms with E-state index in [1.54, 1.807) is 11.3 Å². The SMILES string of the molecule is CCNC(=NCCCc1nc(C)cs1)N1CCOC(C2CCCO2)C1. The van der Waals surface area contributed by atoms with E-state index in [-0.39, 0.29) is 12.2 Å². The number of ether oxygens (including phenoxy) is 2. The van der Waals surface area contributed by atoms with E-state index >= 15 is 0 Å². The number of guanidine groups is 1. The molecule has 2 fully saturated rings. The number of morpholine rings is 1. The maximum Gasteiger partial charge on any atom is 0.194 e. The van der Waals surface area contributed by atoms with Crippen LogP contribution >= 0.6 is 11.3 Å². The zero-order valence-electron chi connectivity index (χ0n) is 15.4. The lowest BCUT2D eigenvalue weighted by Crippen LogP contribution is -2.53. The van der Waals surface area contributed by atoms with Crippen molar-refractivity contribution in [2.24, 2.45) is 4.99 Å². The van der Waals surface area contributed by atoms with Crippen molar-refractivity contribution in [3.63, 3.8) is 0 Å². The zero-order valence-corrected chi connectivity index (χ0v) is 16.2. The molecule has 2 aliphatic heterocycles. The monoisotopic (exact) mass is 366 g/mol. The number of aryl methyl sites for hydroxylation is 2. The van der Waals surface area contributed by atoms with Gasteiger partial charge in [-0.1, -0.05) is 0 Å². The highest BCUT2D eigenvalue weighted by Crippen LogP contribution is 2.21. The Labute approximate surface area is 154 Å². The van der Waals surface area contributed by atoms with Gasteiger partial charge in [-0.25, -0.2) is 4.98 Å². The highest BCUT2D eigenvalue weighted by atomic mass is 32.1. The van der Waals surface area contributed by atoms with E-state index in [9.17, 15) is 0 Å². The third kappa shape index (κ3) is 5.39. The first-order chi connectivity index (χ1) is 12.3. The first-order valence-corrected chi connectivity index (χ1v) is 10.3. The number of nitrogens with one attached hydrogen (secondary N) is 1. The van der Waals surface area contributed by atoms with Gasteiger partial charge < -0.3 is 19.7 Å². The Morgan fingerprint density at radius 3 is 3.00 bits per heavy atom. The second-order valence-electron chi connectivity index (χ2n) is 6.63. The molecule has 7 heteroatoms. The van der Waals surface area contributed by atoms with Crippen LogP contribution < -0.4 is 5.32 Å². The summed E-state index contributed by atoms with van der Waals surface area (Å²) in [6.07, 6.45) is 4.70. The predicted octanol–water partition coefficient (Wildman–Crippen LogP) is 2.23. The van der Waals surface area contributed by atoms with Crippen LogP contribution in [0.25, 0.3) is 0 Å². The average Bonchev–Trinajstić information content (AvgIpc) is 3.30. The molecular weight excluding hydrogens is 336 g/mol. The smallest absolute Gasteiger partial charge is 0.194 e. The average molecular weight is 367 g/mol. The number of thiazole rings is 1. The molecule has 0 aromatic carbocycles. The van der Waals surface area contributed by atoms with E-state index in [2.05, 4.69) is 27.5 Å². The zero-order chi connectivity index (χ0) is 17.5. The molecule has 0 amide bonds. The maximum absolute atomic E-state index is 5.95. The normalized spacial score (nSPS) is 24.7. The van der Waals surface area contributed by atoms with Crippen LogP contribution in [0.2, 0.25) is 0 Å². The van der Waals surface area contributed by atoms with Gasteiger partial charge in [0.25, 0.3) is 0 Å². The van der Waals surface area contributed by atoms with E-state index in [1.165, 1.54) is 5.01 Å². The van der Waals surface area contributed by atoms with Crippen molar-refractivity contribution in [1.29, 1.82) is 0 Å². The fraction of sp³-hybridized carbons (Fsp3) is 0.778. The molecule has 0 bridgehead atoms. The van der Waals surface area contributed by atoms with Crippen LogP contribution in [0.15, 0.2) is 10.4 Å². The second kappa shape index (κ2) is 9.50. The topological polar surface area (TPSA) is 59.0 Å². The molecule has 2 unspecified atom stereocenters. The van der Waals surface area contributed by atoms with Gasteiger partial charge in [0.1, 0.15) is 6.10 Å². The summed E-state index contributed by atoms with van der Waals surface area (Å²) in [5, 5.41) is 6.76. The third-order valence-corrected chi connectivity index (χ3v) is 5.61. The maximum atomic E-state index is 5.95. The number of rotatable bonds is 6. The summed E-state index contributed by atoms with van der Waals surface area (Å²) in [7, 11) is 0. The van der Waals surface area contributed by atoms with Crippen LogP contribution in [0.4, 0.5) is 0 Å². The second-order valence-corrected chi connectivity index (χ2v) is 7.57. The van der Waals surface area contributed by atoms with Gasteiger partial charge in [0.15, 0.2) is 5.96 Å². The van der Waals surface area contributed by atoms with Crippen molar-refractivity contribution in [3.8, 4) is 0 Å². The van der Waals surface area contributed by atoms with Crippen LogP contribution in [0.1, 0.15) is 36.9 Å². The van der Waals surface area contributed by atoms with Crippen molar-refractivity contribution < 1.29 is 9.47 Å². The molecule has 0 saturated carbocycles. The Morgan fingerprint density at radius 1 is 1.40 bits per heavy atom. The van der Waals surface area contributed by atoms with Gasteiger partial charge in [-0.15, -0.1) is 11.3 Å². The first-order valence-electron chi connectivity index (χ1n) is 9.43. The quantitative estimate of drug-likeness (QED) is 0.475. The van der Waals surface area contributed by atoms with Crippen molar-refractivity contribution in [2.75, 3.05) is 39.4 Å². The van der Waals surface area contributed by atoms with Crippen LogP contribution in [0.3, 0.4) is 0 Å². The number of nitrogens with zero attached hydrogens (tertiary/aromatic N) is 3. The van der Waals surface area contributed by atoms with Gasteiger partial charge in [-0.2, -0.15) is 0 Å². The summed E-state index contributed by atoms with van der Waals surface area (Å²) in [6.45, 7) is 9.23. The van der Waals surface area contributed by atoms with Crippen LogP contribution in [0.5, 0.6) is 0 Å². The molecule has 0 spiro atoms. The first kappa shape index (κ1) is 18.6. The van der Waals surface area contributed by atoms with Crippen molar-refractivity contribution in [1.82, 2.24) is 15.2 Å². The number of hydrogen-bond donors (Lipinski definition) is 1. The molecular formula is C18H30N4O2S. The Bertz CT molecular complexity index is 557. The van der Waals surface area contributed by atoms with Gasteiger partial charge in [-0.05, 0) is 33.1 Å². The van der Waals surface area contributed by atoms with E-state index in [0.29, 0.717) is 0 Å². The predicted molar refractivity (Wildman–Crippen MR) is 101 cm³/mol. The summed E-state index contributed by atoms with van der Waals surface area (Å²) in [6, 6.07) is 0.